The Hall–Kier alpha value is -3.20. The van der Waals surface area contributed by atoms with Gasteiger partial charge in [0.15, 0.2) is 17.4 Å². The monoisotopic (exact) mass is 417 g/mol. The topological polar surface area (TPSA) is 126 Å². The Morgan fingerprint density at radius 3 is 2.57 bits per heavy atom. The van der Waals surface area contributed by atoms with Crippen LogP contribution >= 0.6 is 0 Å². The summed E-state index contributed by atoms with van der Waals surface area (Å²) in [6.45, 7) is 1.69. The summed E-state index contributed by atoms with van der Waals surface area (Å²) in [5.41, 5.74) is 0.337. The number of nitrogens with zero attached hydrogens (tertiary/aromatic N) is 5. The summed E-state index contributed by atoms with van der Waals surface area (Å²) in [4.78, 5) is 12.4. The number of ether oxygens (including phenoxy) is 2. The highest BCUT2D eigenvalue weighted by atomic mass is 19.1. The average Bonchev–Trinajstić information content (AvgIpc) is 3.25. The summed E-state index contributed by atoms with van der Waals surface area (Å²) >= 11 is 0. The SMILES string of the molecule is C[C@H]1O[C@@H](n2cnc3c(OCCc4cc(F)c(C#N)c(F)c4)ncnc32)[C@H](O)[C@@H]1O. The molecule has 156 valence electrons. The molecule has 11 heteroatoms. The van der Waals surface area contributed by atoms with Crippen molar-refractivity contribution in [3.05, 3.63) is 47.5 Å². The number of hydrogen-bond acceptors (Lipinski definition) is 8. The van der Waals surface area contributed by atoms with E-state index in [0.717, 1.165) is 12.1 Å². The standard InChI is InChI=1S/C19H17F2N5O4/c1-9-15(27)16(28)19(30-9)26-8-25-14-17(26)23-7-24-18(14)29-3-2-10-4-12(20)11(6-22)13(21)5-10/h4-5,7-9,15-16,19,27-28H,2-3H2,1H3/t9-,15-,16-,19-/m1/s1. The fraction of sp³-hybridized carbons (Fsp3) is 0.368. The number of imidazole rings is 1. The predicted molar refractivity (Wildman–Crippen MR) is 97.2 cm³/mol. The van der Waals surface area contributed by atoms with Crippen molar-refractivity contribution in [2.45, 2.75) is 37.9 Å². The van der Waals surface area contributed by atoms with Crippen LogP contribution in [0.2, 0.25) is 0 Å². The molecule has 2 N–H and O–H groups in total. The van der Waals surface area contributed by atoms with Gasteiger partial charge in [-0.2, -0.15) is 10.2 Å². The predicted octanol–water partition coefficient (Wildman–Crippen LogP) is 1.24. The van der Waals surface area contributed by atoms with Gasteiger partial charge in [0.1, 0.15) is 41.8 Å². The Labute approximate surface area is 169 Å². The first-order valence-electron chi connectivity index (χ1n) is 9.10. The van der Waals surface area contributed by atoms with Gasteiger partial charge in [0.05, 0.1) is 19.0 Å². The van der Waals surface area contributed by atoms with Gasteiger partial charge in [-0.3, -0.25) is 4.57 Å². The molecule has 1 aliphatic rings. The lowest BCUT2D eigenvalue weighted by atomic mass is 10.1. The van der Waals surface area contributed by atoms with Crippen molar-refractivity contribution in [2.24, 2.45) is 0 Å². The fourth-order valence-corrected chi connectivity index (χ4v) is 3.32. The van der Waals surface area contributed by atoms with E-state index in [1.165, 1.54) is 23.3 Å². The van der Waals surface area contributed by atoms with Crippen molar-refractivity contribution in [3.63, 3.8) is 0 Å². The van der Waals surface area contributed by atoms with Crippen molar-refractivity contribution in [1.82, 2.24) is 19.5 Å². The molecular weight excluding hydrogens is 400 g/mol. The maximum Gasteiger partial charge on any atom is 0.245 e. The van der Waals surface area contributed by atoms with Crippen LogP contribution in [0.15, 0.2) is 24.8 Å². The molecule has 1 saturated heterocycles. The largest absolute Gasteiger partial charge is 0.476 e. The highest BCUT2D eigenvalue weighted by molar-refractivity contribution is 5.76. The van der Waals surface area contributed by atoms with Gasteiger partial charge in [-0.05, 0) is 24.6 Å². The molecule has 30 heavy (non-hydrogen) atoms. The van der Waals surface area contributed by atoms with E-state index < -0.39 is 41.7 Å². The third kappa shape index (κ3) is 3.45. The summed E-state index contributed by atoms with van der Waals surface area (Å²) in [6.07, 6.45) is -0.814. The molecule has 1 aliphatic heterocycles. The van der Waals surface area contributed by atoms with Gasteiger partial charge < -0.3 is 19.7 Å². The second-order valence-corrected chi connectivity index (χ2v) is 6.86. The molecule has 0 radical (unpaired) electrons. The first kappa shape index (κ1) is 20.1. The molecule has 4 rings (SSSR count). The van der Waals surface area contributed by atoms with E-state index in [0.29, 0.717) is 16.7 Å². The van der Waals surface area contributed by atoms with Crippen LogP contribution in [0, 0.1) is 23.0 Å². The second-order valence-electron chi connectivity index (χ2n) is 6.86. The van der Waals surface area contributed by atoms with Gasteiger partial charge in [-0.1, -0.05) is 0 Å². The first-order chi connectivity index (χ1) is 14.4. The number of rotatable bonds is 5. The number of benzene rings is 1. The molecule has 0 bridgehead atoms. The fourth-order valence-electron chi connectivity index (χ4n) is 3.32. The van der Waals surface area contributed by atoms with E-state index in [9.17, 15) is 19.0 Å². The molecule has 4 atom stereocenters. The van der Waals surface area contributed by atoms with Crippen LogP contribution in [0.5, 0.6) is 5.88 Å². The van der Waals surface area contributed by atoms with Crippen molar-refractivity contribution >= 4 is 11.2 Å². The second kappa shape index (κ2) is 7.91. The normalized spacial score (nSPS) is 23.6. The zero-order valence-electron chi connectivity index (χ0n) is 15.7. The minimum atomic E-state index is -1.15. The van der Waals surface area contributed by atoms with Crippen LogP contribution in [0.3, 0.4) is 0 Å². The Morgan fingerprint density at radius 2 is 1.93 bits per heavy atom. The zero-order valence-corrected chi connectivity index (χ0v) is 15.7. The molecular formula is C19H17F2N5O4. The molecule has 9 nitrogen and oxygen atoms in total. The summed E-state index contributed by atoms with van der Waals surface area (Å²) in [6, 6.07) is 3.64. The average molecular weight is 417 g/mol. The lowest BCUT2D eigenvalue weighted by molar-refractivity contribution is -0.0299. The first-order valence-corrected chi connectivity index (χ1v) is 9.10. The molecule has 3 heterocycles. The molecule has 1 aromatic carbocycles. The number of aromatic nitrogens is 4. The van der Waals surface area contributed by atoms with Crippen LogP contribution in [-0.2, 0) is 11.2 Å². The number of hydrogen-bond donors (Lipinski definition) is 2. The maximum atomic E-state index is 13.7. The quantitative estimate of drug-likeness (QED) is 0.635. The Morgan fingerprint density at radius 1 is 1.20 bits per heavy atom. The van der Waals surface area contributed by atoms with E-state index >= 15 is 0 Å². The minimum Gasteiger partial charge on any atom is -0.476 e. The van der Waals surface area contributed by atoms with Crippen molar-refractivity contribution in [3.8, 4) is 11.9 Å². The smallest absolute Gasteiger partial charge is 0.245 e. The van der Waals surface area contributed by atoms with Gasteiger partial charge in [0.2, 0.25) is 5.88 Å². The summed E-state index contributed by atoms with van der Waals surface area (Å²) in [5.74, 6) is -1.71. The third-order valence-electron chi connectivity index (χ3n) is 4.92. The molecule has 0 spiro atoms. The number of nitriles is 1. The van der Waals surface area contributed by atoms with E-state index in [4.69, 9.17) is 14.7 Å². The molecule has 1 fully saturated rings. The lowest BCUT2D eigenvalue weighted by Gasteiger charge is -2.16. The third-order valence-corrected chi connectivity index (χ3v) is 4.92. The molecule has 0 amide bonds. The van der Waals surface area contributed by atoms with Crippen LogP contribution in [-0.4, -0.2) is 54.7 Å². The molecule has 0 aliphatic carbocycles. The van der Waals surface area contributed by atoms with E-state index in [2.05, 4.69) is 15.0 Å². The molecule has 0 saturated carbocycles. The van der Waals surface area contributed by atoms with Gasteiger partial charge >= 0.3 is 0 Å². The lowest BCUT2D eigenvalue weighted by Crippen LogP contribution is -2.30. The summed E-state index contributed by atoms with van der Waals surface area (Å²) < 4.78 is 40.1. The van der Waals surface area contributed by atoms with Crippen molar-refractivity contribution < 1.29 is 28.5 Å². The van der Waals surface area contributed by atoms with Crippen LogP contribution in [0.1, 0.15) is 24.3 Å². The Bertz CT molecular complexity index is 1110. The van der Waals surface area contributed by atoms with Gasteiger partial charge in [-0.25, -0.2) is 18.7 Å². The Balaban J connectivity index is 1.51. The number of aliphatic hydroxyl groups excluding tert-OH is 2. The van der Waals surface area contributed by atoms with Crippen molar-refractivity contribution in [1.29, 1.82) is 5.26 Å². The Kier molecular flexibility index (Phi) is 5.29. The van der Waals surface area contributed by atoms with Gasteiger partial charge in [0.25, 0.3) is 0 Å². The van der Waals surface area contributed by atoms with E-state index in [1.54, 1.807) is 6.92 Å². The highest BCUT2D eigenvalue weighted by Gasteiger charge is 2.42. The zero-order chi connectivity index (χ0) is 21.4. The van der Waals surface area contributed by atoms with Crippen LogP contribution in [0.4, 0.5) is 8.78 Å². The molecule has 3 aromatic rings. The maximum absolute atomic E-state index is 13.7. The van der Waals surface area contributed by atoms with E-state index in [-0.39, 0.29) is 18.9 Å². The summed E-state index contributed by atoms with van der Waals surface area (Å²) in [5, 5.41) is 28.8. The van der Waals surface area contributed by atoms with E-state index in [1.807, 2.05) is 0 Å². The minimum absolute atomic E-state index is 0.0437. The number of halogens is 2. The van der Waals surface area contributed by atoms with Crippen LogP contribution in [0.25, 0.3) is 11.2 Å². The number of fused-ring (bicyclic) bond motifs is 1. The van der Waals surface area contributed by atoms with Gasteiger partial charge in [-0.15, -0.1) is 0 Å². The van der Waals surface area contributed by atoms with Gasteiger partial charge in [0, 0.05) is 6.42 Å². The summed E-state index contributed by atoms with van der Waals surface area (Å²) in [7, 11) is 0. The van der Waals surface area contributed by atoms with Crippen molar-refractivity contribution in [2.75, 3.05) is 6.61 Å². The van der Waals surface area contributed by atoms with Crippen LogP contribution < -0.4 is 4.74 Å². The molecule has 2 aromatic heterocycles. The number of aliphatic hydroxyl groups is 2. The highest BCUT2D eigenvalue weighted by Crippen LogP contribution is 2.32. The molecule has 0 unspecified atom stereocenters.